The SMILES string of the molecule is CCCC(/C=C/C(CC)CS)CCC(Cc1ccccc1)C(=O)N[C@@H](CCSC)C(=O)O. The molecule has 0 radical (unpaired) electrons. The first-order chi connectivity index (χ1) is 15.4. The van der Waals surface area contributed by atoms with Crippen molar-refractivity contribution in [3.8, 4) is 0 Å². The van der Waals surface area contributed by atoms with Crippen LogP contribution in [-0.4, -0.2) is 40.8 Å². The molecule has 0 saturated carbocycles. The highest BCUT2D eigenvalue weighted by atomic mass is 32.2. The van der Waals surface area contributed by atoms with E-state index in [9.17, 15) is 14.7 Å². The summed E-state index contributed by atoms with van der Waals surface area (Å²) in [4.78, 5) is 24.8. The number of rotatable bonds is 17. The van der Waals surface area contributed by atoms with Crippen LogP contribution < -0.4 is 5.32 Å². The van der Waals surface area contributed by atoms with Gasteiger partial charge in [-0.2, -0.15) is 24.4 Å². The van der Waals surface area contributed by atoms with Crippen LogP contribution in [0.5, 0.6) is 0 Å². The van der Waals surface area contributed by atoms with Gasteiger partial charge in [0, 0.05) is 5.92 Å². The first-order valence-electron chi connectivity index (χ1n) is 11.8. The molecule has 0 aliphatic heterocycles. The summed E-state index contributed by atoms with van der Waals surface area (Å²) in [7, 11) is 0. The predicted octanol–water partition coefficient (Wildman–Crippen LogP) is 5.88. The highest BCUT2D eigenvalue weighted by Crippen LogP contribution is 2.23. The van der Waals surface area contributed by atoms with Crippen LogP contribution in [0.15, 0.2) is 42.5 Å². The van der Waals surface area contributed by atoms with E-state index in [4.69, 9.17) is 0 Å². The topological polar surface area (TPSA) is 66.4 Å². The van der Waals surface area contributed by atoms with Crippen LogP contribution in [0.4, 0.5) is 0 Å². The Hall–Kier alpha value is -1.40. The number of allylic oxidation sites excluding steroid dienone is 2. The van der Waals surface area contributed by atoms with Crippen molar-refractivity contribution in [1.82, 2.24) is 5.32 Å². The molecule has 0 aliphatic rings. The molecule has 32 heavy (non-hydrogen) atoms. The first-order valence-corrected chi connectivity index (χ1v) is 13.8. The lowest BCUT2D eigenvalue weighted by molar-refractivity contribution is -0.142. The molecule has 1 aromatic rings. The number of thioether (sulfide) groups is 1. The molecule has 0 aliphatic carbocycles. The molecule has 0 saturated heterocycles. The van der Waals surface area contributed by atoms with Gasteiger partial charge in [0.1, 0.15) is 6.04 Å². The largest absolute Gasteiger partial charge is 0.480 e. The second-order valence-electron chi connectivity index (χ2n) is 8.43. The quantitative estimate of drug-likeness (QED) is 0.193. The third-order valence-corrected chi connectivity index (χ3v) is 6.99. The van der Waals surface area contributed by atoms with E-state index in [2.05, 4.69) is 43.9 Å². The fourth-order valence-electron chi connectivity index (χ4n) is 3.77. The molecule has 2 N–H and O–H groups in total. The number of carboxylic acid groups (broad SMARTS) is 1. The van der Waals surface area contributed by atoms with Crippen molar-refractivity contribution >= 4 is 36.3 Å². The number of carboxylic acids is 1. The smallest absolute Gasteiger partial charge is 0.326 e. The maximum Gasteiger partial charge on any atom is 0.326 e. The minimum absolute atomic E-state index is 0.150. The average molecular weight is 480 g/mol. The minimum Gasteiger partial charge on any atom is -0.480 e. The molecule has 1 rings (SSSR count). The Bertz CT molecular complexity index is 677. The molecule has 1 aromatic carbocycles. The molecular weight excluding hydrogens is 438 g/mol. The predicted molar refractivity (Wildman–Crippen MR) is 141 cm³/mol. The highest BCUT2D eigenvalue weighted by Gasteiger charge is 2.26. The standard InChI is InChI=1S/C26H41NO3S2/c1-4-9-21(13-12-20(5-2)19-31)14-15-23(18-22-10-7-6-8-11-22)25(28)27-24(26(29)30)16-17-32-3/h6-8,10-13,20-21,23-24,31H,4-5,9,14-19H2,1-3H3,(H,27,28)(H,29,30)/b13-12+/t20?,21?,23?,24-/m0/s1. The van der Waals surface area contributed by atoms with Gasteiger partial charge < -0.3 is 10.4 Å². The lowest BCUT2D eigenvalue weighted by atomic mass is 9.87. The van der Waals surface area contributed by atoms with Gasteiger partial charge in [0.2, 0.25) is 5.91 Å². The zero-order valence-electron chi connectivity index (χ0n) is 19.8. The number of nitrogens with one attached hydrogen (secondary N) is 1. The van der Waals surface area contributed by atoms with Gasteiger partial charge >= 0.3 is 5.97 Å². The number of benzene rings is 1. The van der Waals surface area contributed by atoms with Gasteiger partial charge in [0.15, 0.2) is 0 Å². The van der Waals surface area contributed by atoms with Gasteiger partial charge in [-0.1, -0.05) is 62.8 Å². The van der Waals surface area contributed by atoms with Crippen molar-refractivity contribution in [3.05, 3.63) is 48.0 Å². The minimum atomic E-state index is -0.963. The Morgan fingerprint density at radius 3 is 2.31 bits per heavy atom. The number of thiol groups is 1. The molecule has 0 aromatic heterocycles. The summed E-state index contributed by atoms with van der Waals surface area (Å²) in [5.41, 5.74) is 1.10. The number of hydrogen-bond acceptors (Lipinski definition) is 4. The second-order valence-corrected chi connectivity index (χ2v) is 9.78. The molecule has 180 valence electrons. The Morgan fingerprint density at radius 2 is 1.75 bits per heavy atom. The number of carbonyl (C=O) groups is 2. The number of carbonyl (C=O) groups excluding carboxylic acids is 1. The fraction of sp³-hybridized carbons (Fsp3) is 0.615. The summed E-state index contributed by atoms with van der Waals surface area (Å²) >= 11 is 6.03. The zero-order valence-corrected chi connectivity index (χ0v) is 21.5. The van der Waals surface area contributed by atoms with Crippen molar-refractivity contribution in [2.75, 3.05) is 17.8 Å². The molecule has 1 amide bonds. The lowest BCUT2D eigenvalue weighted by Crippen LogP contribution is -2.44. The van der Waals surface area contributed by atoms with E-state index < -0.39 is 12.0 Å². The summed E-state index contributed by atoms with van der Waals surface area (Å²) < 4.78 is 0. The number of hydrogen-bond donors (Lipinski definition) is 3. The summed E-state index contributed by atoms with van der Waals surface area (Å²) in [6, 6.07) is 9.16. The molecule has 0 heterocycles. The average Bonchev–Trinajstić information content (AvgIpc) is 2.80. The summed E-state index contributed by atoms with van der Waals surface area (Å²) in [5, 5.41) is 12.4. The Balaban J connectivity index is 2.91. The monoisotopic (exact) mass is 479 g/mol. The molecule has 0 fully saturated rings. The Labute approximate surface area is 204 Å². The third kappa shape index (κ3) is 11.5. The first kappa shape index (κ1) is 28.6. The maximum absolute atomic E-state index is 13.1. The summed E-state index contributed by atoms with van der Waals surface area (Å²) in [5.74, 6) is 1.10. The van der Waals surface area contributed by atoms with Gasteiger partial charge in [-0.3, -0.25) is 4.79 Å². The van der Waals surface area contributed by atoms with E-state index in [-0.39, 0.29) is 11.8 Å². The molecule has 4 nitrogen and oxygen atoms in total. The van der Waals surface area contributed by atoms with Gasteiger partial charge in [0.05, 0.1) is 0 Å². The molecule has 6 heteroatoms. The number of aliphatic carboxylic acids is 1. The molecular formula is C26H41NO3S2. The van der Waals surface area contributed by atoms with E-state index in [1.165, 1.54) is 0 Å². The van der Waals surface area contributed by atoms with E-state index in [1.54, 1.807) is 11.8 Å². The Morgan fingerprint density at radius 1 is 1.06 bits per heavy atom. The maximum atomic E-state index is 13.1. The van der Waals surface area contributed by atoms with Crippen molar-refractivity contribution in [1.29, 1.82) is 0 Å². The molecule has 3 unspecified atom stereocenters. The van der Waals surface area contributed by atoms with Gasteiger partial charge in [-0.15, -0.1) is 0 Å². The van der Waals surface area contributed by atoms with E-state index >= 15 is 0 Å². The van der Waals surface area contributed by atoms with Crippen LogP contribution in [0, 0.1) is 17.8 Å². The van der Waals surface area contributed by atoms with Gasteiger partial charge in [-0.05, 0) is 73.7 Å². The van der Waals surface area contributed by atoms with E-state index in [0.29, 0.717) is 30.4 Å². The lowest BCUT2D eigenvalue weighted by Gasteiger charge is -2.22. The molecule has 4 atom stereocenters. The second kappa shape index (κ2) is 17.1. The van der Waals surface area contributed by atoms with E-state index in [1.807, 2.05) is 36.6 Å². The van der Waals surface area contributed by atoms with Crippen LogP contribution in [0.1, 0.15) is 57.9 Å². The van der Waals surface area contributed by atoms with Crippen LogP contribution in [0.25, 0.3) is 0 Å². The van der Waals surface area contributed by atoms with Crippen LogP contribution in [0.2, 0.25) is 0 Å². The number of amides is 1. The van der Waals surface area contributed by atoms with Crippen molar-refractivity contribution in [3.63, 3.8) is 0 Å². The normalized spacial score (nSPS) is 15.2. The summed E-state index contributed by atoms with van der Waals surface area (Å²) in [6.07, 6.45) is 12.5. The third-order valence-electron chi connectivity index (χ3n) is 5.88. The Kier molecular flexibility index (Phi) is 15.3. The van der Waals surface area contributed by atoms with Crippen molar-refractivity contribution in [2.24, 2.45) is 17.8 Å². The molecule has 0 spiro atoms. The molecule has 0 bridgehead atoms. The highest BCUT2D eigenvalue weighted by molar-refractivity contribution is 7.98. The van der Waals surface area contributed by atoms with Crippen LogP contribution in [0.3, 0.4) is 0 Å². The van der Waals surface area contributed by atoms with Gasteiger partial charge in [0.25, 0.3) is 0 Å². The van der Waals surface area contributed by atoms with Gasteiger partial charge in [-0.25, -0.2) is 4.79 Å². The van der Waals surface area contributed by atoms with Crippen LogP contribution >= 0.6 is 24.4 Å². The van der Waals surface area contributed by atoms with Crippen LogP contribution in [-0.2, 0) is 16.0 Å². The zero-order chi connectivity index (χ0) is 23.8. The fourth-order valence-corrected chi connectivity index (χ4v) is 4.62. The summed E-state index contributed by atoms with van der Waals surface area (Å²) in [6.45, 7) is 4.37. The van der Waals surface area contributed by atoms with Crippen molar-refractivity contribution < 1.29 is 14.7 Å². The van der Waals surface area contributed by atoms with E-state index in [0.717, 1.165) is 43.4 Å². The van der Waals surface area contributed by atoms with Crippen molar-refractivity contribution in [2.45, 2.75) is 64.8 Å².